The average molecular weight is 719 g/mol. The molecule has 0 saturated heterocycles. The first-order valence-corrected chi connectivity index (χ1v) is 20.0. The molecule has 0 radical (unpaired) electrons. The highest BCUT2D eigenvalue weighted by molar-refractivity contribution is 7.00. The third-order valence-electron chi connectivity index (χ3n) is 12.7. The zero-order valence-corrected chi connectivity index (χ0v) is 33.4. The van der Waals surface area contributed by atoms with Gasteiger partial charge in [0.15, 0.2) is 0 Å². The molecule has 0 amide bonds. The van der Waals surface area contributed by atoms with Crippen molar-refractivity contribution in [1.29, 1.82) is 0 Å². The van der Waals surface area contributed by atoms with E-state index in [1.165, 1.54) is 88.1 Å². The van der Waals surface area contributed by atoms with Gasteiger partial charge in [0.2, 0.25) is 5.71 Å². The first kappa shape index (κ1) is 33.0. The molecule has 8 aromatic rings. The fourth-order valence-corrected chi connectivity index (χ4v) is 9.79. The van der Waals surface area contributed by atoms with E-state index >= 15 is 0 Å². The summed E-state index contributed by atoms with van der Waals surface area (Å²) in [5, 5.41) is 6.05. The topological polar surface area (TPSA) is 34.5 Å². The normalized spacial score (nSPS) is 15.3. The lowest BCUT2D eigenvalue weighted by molar-refractivity contribution is 0.570. The summed E-state index contributed by atoms with van der Waals surface area (Å²) >= 11 is 0. The number of benzene rings is 5. The number of nitrogens with zero attached hydrogens (tertiary/aromatic N) is 2. The maximum Gasteiger partial charge on any atom is 0.252 e. The van der Waals surface area contributed by atoms with Gasteiger partial charge in [0.1, 0.15) is 16.6 Å². The number of furan rings is 2. The Kier molecular flexibility index (Phi) is 6.39. The van der Waals surface area contributed by atoms with Crippen molar-refractivity contribution in [3.8, 4) is 5.69 Å². The monoisotopic (exact) mass is 718 g/mol. The van der Waals surface area contributed by atoms with E-state index in [0.29, 0.717) is 0 Å². The van der Waals surface area contributed by atoms with Gasteiger partial charge in [-0.25, -0.2) is 0 Å². The molecule has 0 atom stereocenters. The molecule has 3 aromatic heterocycles. The maximum atomic E-state index is 6.96. The van der Waals surface area contributed by atoms with Gasteiger partial charge in [-0.2, -0.15) is 0 Å². The van der Waals surface area contributed by atoms with Crippen molar-refractivity contribution in [2.75, 3.05) is 4.90 Å². The zero-order chi connectivity index (χ0) is 37.9. The van der Waals surface area contributed by atoms with E-state index in [0.717, 1.165) is 35.1 Å². The Labute approximate surface area is 322 Å². The number of fused-ring (bicyclic) bond motifs is 12. The maximum absolute atomic E-state index is 6.96. The Morgan fingerprint density at radius 2 is 1.22 bits per heavy atom. The second kappa shape index (κ2) is 10.7. The zero-order valence-electron chi connectivity index (χ0n) is 33.4. The average Bonchev–Trinajstić information content (AvgIpc) is 3.81. The molecule has 0 saturated carbocycles. The van der Waals surface area contributed by atoms with Crippen LogP contribution in [-0.4, -0.2) is 11.3 Å². The fourth-order valence-electron chi connectivity index (χ4n) is 9.79. The van der Waals surface area contributed by atoms with Crippen molar-refractivity contribution in [3.05, 3.63) is 118 Å². The van der Waals surface area contributed by atoms with Crippen molar-refractivity contribution in [1.82, 2.24) is 4.57 Å². The Balaban J connectivity index is 1.37. The third-order valence-corrected chi connectivity index (χ3v) is 12.7. The molecule has 0 N–H and O–H groups in total. The van der Waals surface area contributed by atoms with E-state index in [1.807, 2.05) is 0 Å². The van der Waals surface area contributed by atoms with Crippen LogP contribution in [0.3, 0.4) is 0 Å². The number of anilines is 2. The molecule has 5 heterocycles. The van der Waals surface area contributed by atoms with Crippen LogP contribution in [0.2, 0.25) is 0 Å². The quantitative estimate of drug-likeness (QED) is 0.159. The van der Waals surface area contributed by atoms with Crippen LogP contribution in [-0.2, 0) is 16.2 Å². The van der Waals surface area contributed by atoms with E-state index < -0.39 is 0 Å². The number of hydrogen-bond donors (Lipinski definition) is 0. The summed E-state index contributed by atoms with van der Waals surface area (Å²) in [5.41, 5.74) is 18.0. The first-order chi connectivity index (χ1) is 26.2. The molecular weight excluding hydrogens is 671 g/mol. The summed E-state index contributed by atoms with van der Waals surface area (Å²) in [6, 6.07) is 34.5. The number of hydrogen-bond acceptors (Lipinski definition) is 3. The van der Waals surface area contributed by atoms with Gasteiger partial charge in [0, 0.05) is 44.1 Å². The lowest BCUT2D eigenvalue weighted by atomic mass is 9.33. The third kappa shape index (κ3) is 4.47. The molecule has 5 heteroatoms. The number of aromatic nitrogens is 1. The van der Waals surface area contributed by atoms with E-state index in [-0.39, 0.29) is 23.0 Å². The summed E-state index contributed by atoms with van der Waals surface area (Å²) in [7, 11) is 0. The van der Waals surface area contributed by atoms with Crippen LogP contribution in [0.25, 0.3) is 61.4 Å². The number of para-hydroxylation sites is 2. The predicted octanol–water partition coefficient (Wildman–Crippen LogP) is 9.83. The minimum Gasteiger partial charge on any atom is -0.456 e. The van der Waals surface area contributed by atoms with Crippen LogP contribution in [0, 0.1) is 0 Å². The van der Waals surface area contributed by atoms with Gasteiger partial charge >= 0.3 is 0 Å². The van der Waals surface area contributed by atoms with Gasteiger partial charge in [0.05, 0.1) is 10.9 Å². The minimum absolute atomic E-state index is 0.0237. The van der Waals surface area contributed by atoms with Crippen LogP contribution < -0.4 is 31.9 Å². The highest BCUT2D eigenvalue weighted by Crippen LogP contribution is 2.46. The lowest BCUT2D eigenvalue weighted by Crippen LogP contribution is -2.61. The lowest BCUT2D eigenvalue weighted by Gasteiger charge is -2.43. The van der Waals surface area contributed by atoms with Crippen LogP contribution in [0.4, 0.5) is 11.4 Å². The molecule has 11 rings (SSSR count). The van der Waals surface area contributed by atoms with E-state index in [1.54, 1.807) is 0 Å². The Morgan fingerprint density at radius 1 is 0.582 bits per heavy atom. The predicted molar refractivity (Wildman–Crippen MR) is 232 cm³/mol. The van der Waals surface area contributed by atoms with Gasteiger partial charge in [-0.05, 0) is 105 Å². The molecule has 0 unspecified atom stereocenters. The van der Waals surface area contributed by atoms with Crippen molar-refractivity contribution >= 4 is 90.2 Å². The van der Waals surface area contributed by atoms with E-state index in [4.69, 9.17) is 8.83 Å². The summed E-state index contributed by atoms with van der Waals surface area (Å²) in [4.78, 5) is 2.65. The Bertz CT molecular complexity index is 3110. The van der Waals surface area contributed by atoms with Gasteiger partial charge in [-0.1, -0.05) is 117 Å². The number of rotatable bonds is 1. The van der Waals surface area contributed by atoms with Gasteiger partial charge in [-0.15, -0.1) is 0 Å². The molecular formula is C50H47BN2O2. The van der Waals surface area contributed by atoms with Gasteiger partial charge in [-0.3, -0.25) is 4.57 Å². The minimum atomic E-state index is -0.103. The van der Waals surface area contributed by atoms with Crippen molar-refractivity contribution in [2.45, 2.75) is 91.4 Å². The highest BCUT2D eigenvalue weighted by Gasteiger charge is 2.45. The van der Waals surface area contributed by atoms with Crippen molar-refractivity contribution in [2.24, 2.45) is 0 Å². The van der Waals surface area contributed by atoms with Crippen molar-refractivity contribution < 1.29 is 8.83 Å². The molecule has 0 fully saturated rings. The molecule has 5 aromatic carbocycles. The SMILES string of the molecule is CC(C)(C)c1ccc2c(c1)N(C1=c3c(oc4ccccc34)=CCC1)c1cc(C(C)(C)C)cc3c1B2c1cc(C(C)(C)C)cc2c4c5ccccc5oc4n-3c12. The van der Waals surface area contributed by atoms with E-state index in [9.17, 15) is 0 Å². The first-order valence-electron chi connectivity index (χ1n) is 20.0. The fraction of sp³-hybridized carbons (Fsp3) is 0.280. The van der Waals surface area contributed by atoms with Crippen LogP contribution >= 0.6 is 0 Å². The summed E-state index contributed by atoms with van der Waals surface area (Å²) in [5.74, 6) is 0. The molecule has 55 heavy (non-hydrogen) atoms. The van der Waals surface area contributed by atoms with Gasteiger partial charge < -0.3 is 13.7 Å². The largest absolute Gasteiger partial charge is 0.456 e. The molecule has 4 nitrogen and oxygen atoms in total. The van der Waals surface area contributed by atoms with Crippen LogP contribution in [0.5, 0.6) is 0 Å². The smallest absolute Gasteiger partial charge is 0.252 e. The molecule has 272 valence electrons. The molecule has 0 bridgehead atoms. The molecule has 2 aliphatic heterocycles. The Hall–Kier alpha value is -5.42. The standard InChI is InChI=1S/C50H47BN2O2/c1-48(2,3)28-21-22-34-37(25-28)52(36-17-14-20-42-44(36)32-16-11-12-18-40(32)54-42)38-26-30(50(7,8)9)27-39-45(38)51(34)35-24-29(49(4,5)6)23-33-43-31-15-10-13-19-41(31)55-47(43)53(39)46(33)35/h10-13,15-16,18-27H,14,17H2,1-9H3. The highest BCUT2D eigenvalue weighted by atomic mass is 16.3. The molecule has 0 spiro atoms. The summed E-state index contributed by atoms with van der Waals surface area (Å²) in [6.45, 7) is 21.1. The van der Waals surface area contributed by atoms with Gasteiger partial charge in [0.25, 0.3) is 6.71 Å². The Morgan fingerprint density at radius 3 is 1.95 bits per heavy atom. The van der Waals surface area contributed by atoms with Crippen molar-refractivity contribution in [3.63, 3.8) is 0 Å². The van der Waals surface area contributed by atoms with Crippen LogP contribution in [0.15, 0.2) is 99.8 Å². The molecule has 3 aliphatic rings. The second-order valence-electron chi connectivity index (χ2n) is 19.3. The van der Waals surface area contributed by atoms with Crippen LogP contribution in [0.1, 0.15) is 91.8 Å². The molecule has 1 aliphatic carbocycles. The summed E-state index contributed by atoms with van der Waals surface area (Å²) in [6.07, 6.45) is 4.13. The second-order valence-corrected chi connectivity index (χ2v) is 19.3. The van der Waals surface area contributed by atoms with E-state index in [2.05, 4.69) is 169 Å². The summed E-state index contributed by atoms with van der Waals surface area (Å²) < 4.78 is 16.0.